The Morgan fingerprint density at radius 3 is 2.07 bits per heavy atom. The summed E-state index contributed by atoms with van der Waals surface area (Å²) >= 11 is 0. The molecule has 0 aliphatic heterocycles. The highest BCUT2D eigenvalue weighted by molar-refractivity contribution is 7.90. The smallest absolute Gasteiger partial charge is 0.227 e. The highest BCUT2D eigenvalue weighted by Gasteiger charge is 2.34. The van der Waals surface area contributed by atoms with E-state index in [1.807, 2.05) is 0 Å². The first kappa shape index (κ1) is 21.4. The minimum absolute atomic E-state index is 0.0768. The summed E-state index contributed by atoms with van der Waals surface area (Å²) in [4.78, 5) is 23.7. The molecular formula is C19H29N3O4S. The van der Waals surface area contributed by atoms with Gasteiger partial charge >= 0.3 is 0 Å². The van der Waals surface area contributed by atoms with Gasteiger partial charge in [-0.3, -0.25) is 9.59 Å². The average Bonchev–Trinajstić information content (AvgIpc) is 2.53. The molecule has 0 radical (unpaired) electrons. The molecule has 0 heterocycles. The number of anilines is 2. The number of amides is 2. The molecule has 7 nitrogen and oxygen atoms in total. The van der Waals surface area contributed by atoms with Crippen LogP contribution in [0.4, 0.5) is 11.4 Å². The lowest BCUT2D eigenvalue weighted by Crippen LogP contribution is -2.46. The summed E-state index contributed by atoms with van der Waals surface area (Å²) < 4.78 is 26.5. The summed E-state index contributed by atoms with van der Waals surface area (Å²) in [5.74, 6) is -0.397. The predicted octanol–water partition coefficient (Wildman–Crippen LogP) is 2.86. The van der Waals surface area contributed by atoms with E-state index in [0.717, 1.165) is 0 Å². The van der Waals surface area contributed by atoms with E-state index in [0.29, 0.717) is 37.1 Å². The lowest BCUT2D eigenvalue weighted by molar-refractivity contribution is -0.120. The van der Waals surface area contributed by atoms with Gasteiger partial charge in [0.05, 0.1) is 4.75 Å². The van der Waals surface area contributed by atoms with Crippen LogP contribution in [0.5, 0.6) is 0 Å². The summed E-state index contributed by atoms with van der Waals surface area (Å²) in [7, 11) is -3.38. The number of nitrogens with one attached hydrogen (secondary N) is 3. The zero-order chi connectivity index (χ0) is 20.2. The third-order valence-corrected chi connectivity index (χ3v) is 6.93. The van der Waals surface area contributed by atoms with E-state index in [1.165, 1.54) is 6.92 Å². The maximum atomic E-state index is 12.5. The van der Waals surface area contributed by atoms with Crippen LogP contribution >= 0.6 is 0 Å². The zero-order valence-corrected chi connectivity index (χ0v) is 17.2. The van der Waals surface area contributed by atoms with E-state index in [4.69, 9.17) is 0 Å². The van der Waals surface area contributed by atoms with Crippen LogP contribution in [0.25, 0.3) is 0 Å². The van der Waals surface area contributed by atoms with Crippen LogP contribution in [0, 0.1) is 5.92 Å². The maximum absolute atomic E-state index is 12.5. The Balaban J connectivity index is 1.89. The molecule has 1 aliphatic carbocycles. The standard InChI is InChI=1S/C19H29N3O4S/c1-13(23)20-16-6-5-7-17(12-16)21-18(24)14-8-10-15(11-9-14)22-27(25,26)19(2,3)4/h5-7,12,14-15,22H,8-11H2,1-4H3,(H,20,23)(H,21,24). The first-order valence-electron chi connectivity index (χ1n) is 9.18. The van der Waals surface area contributed by atoms with E-state index in [-0.39, 0.29) is 23.8 Å². The minimum atomic E-state index is -3.38. The molecule has 2 amide bonds. The minimum Gasteiger partial charge on any atom is -0.326 e. The highest BCUT2D eigenvalue weighted by Crippen LogP contribution is 2.27. The second kappa shape index (κ2) is 8.39. The second-order valence-electron chi connectivity index (χ2n) is 8.03. The van der Waals surface area contributed by atoms with Crippen molar-refractivity contribution in [2.45, 2.75) is 64.2 Å². The summed E-state index contributed by atoms with van der Waals surface area (Å²) in [5.41, 5.74) is 1.25. The van der Waals surface area contributed by atoms with Gasteiger partial charge in [-0.25, -0.2) is 13.1 Å². The molecule has 3 N–H and O–H groups in total. The van der Waals surface area contributed by atoms with Crippen LogP contribution in [-0.2, 0) is 19.6 Å². The lowest BCUT2D eigenvalue weighted by atomic mass is 9.86. The number of carbonyl (C=O) groups excluding carboxylic acids is 2. The van der Waals surface area contributed by atoms with Crippen molar-refractivity contribution in [3.63, 3.8) is 0 Å². The van der Waals surface area contributed by atoms with Gasteiger partial charge in [-0.15, -0.1) is 0 Å². The van der Waals surface area contributed by atoms with Crippen molar-refractivity contribution in [3.05, 3.63) is 24.3 Å². The molecule has 0 spiro atoms. The van der Waals surface area contributed by atoms with E-state index in [9.17, 15) is 18.0 Å². The molecule has 0 bridgehead atoms. The normalized spacial score (nSPS) is 20.7. The van der Waals surface area contributed by atoms with Gasteiger partial charge in [0, 0.05) is 30.3 Å². The fourth-order valence-electron chi connectivity index (χ4n) is 2.99. The summed E-state index contributed by atoms with van der Waals surface area (Å²) in [5, 5.41) is 5.57. The number of benzene rings is 1. The van der Waals surface area contributed by atoms with Crippen LogP contribution in [0.3, 0.4) is 0 Å². The van der Waals surface area contributed by atoms with E-state index in [2.05, 4.69) is 15.4 Å². The van der Waals surface area contributed by atoms with Crippen LogP contribution in [0.1, 0.15) is 53.4 Å². The Bertz CT molecular complexity index is 791. The SMILES string of the molecule is CC(=O)Nc1cccc(NC(=O)C2CCC(NS(=O)(=O)C(C)(C)C)CC2)c1. The topological polar surface area (TPSA) is 104 Å². The van der Waals surface area contributed by atoms with Gasteiger partial charge in [0.25, 0.3) is 0 Å². The van der Waals surface area contributed by atoms with Gasteiger partial charge in [-0.05, 0) is 64.7 Å². The molecule has 1 fully saturated rings. The molecule has 0 atom stereocenters. The van der Waals surface area contributed by atoms with Crippen molar-refractivity contribution < 1.29 is 18.0 Å². The molecular weight excluding hydrogens is 366 g/mol. The van der Waals surface area contributed by atoms with Gasteiger partial charge < -0.3 is 10.6 Å². The maximum Gasteiger partial charge on any atom is 0.227 e. The number of hydrogen-bond acceptors (Lipinski definition) is 4. The Kier molecular flexibility index (Phi) is 6.64. The monoisotopic (exact) mass is 395 g/mol. The first-order chi connectivity index (χ1) is 12.5. The Morgan fingerprint density at radius 2 is 1.56 bits per heavy atom. The van der Waals surface area contributed by atoms with Gasteiger partial charge in [0.15, 0.2) is 0 Å². The predicted molar refractivity (Wildman–Crippen MR) is 107 cm³/mol. The molecule has 1 aromatic rings. The van der Waals surface area contributed by atoms with E-state index in [1.54, 1.807) is 45.0 Å². The lowest BCUT2D eigenvalue weighted by Gasteiger charge is -2.30. The third-order valence-electron chi connectivity index (χ3n) is 4.68. The average molecular weight is 396 g/mol. The molecule has 150 valence electrons. The van der Waals surface area contributed by atoms with Crippen LogP contribution in [-0.4, -0.2) is 31.0 Å². The molecule has 0 saturated heterocycles. The number of sulfonamides is 1. The molecule has 0 unspecified atom stereocenters. The molecule has 2 rings (SSSR count). The fourth-order valence-corrected chi connectivity index (χ4v) is 4.02. The number of rotatable bonds is 5. The van der Waals surface area contributed by atoms with Gasteiger partial charge in [-0.2, -0.15) is 0 Å². The van der Waals surface area contributed by atoms with Gasteiger partial charge in [0.2, 0.25) is 21.8 Å². The summed E-state index contributed by atoms with van der Waals surface area (Å²) in [6.45, 7) is 6.44. The van der Waals surface area contributed by atoms with Gasteiger partial charge in [-0.1, -0.05) is 6.07 Å². The molecule has 1 aliphatic rings. The first-order valence-corrected chi connectivity index (χ1v) is 10.7. The number of carbonyl (C=O) groups is 2. The Labute approximate surface area is 161 Å². The van der Waals surface area contributed by atoms with Crippen LogP contribution in [0.2, 0.25) is 0 Å². The van der Waals surface area contributed by atoms with E-state index >= 15 is 0 Å². The van der Waals surface area contributed by atoms with Crippen molar-refractivity contribution in [2.24, 2.45) is 5.92 Å². The molecule has 0 aromatic heterocycles. The molecule has 1 aromatic carbocycles. The Hall–Kier alpha value is -1.93. The van der Waals surface area contributed by atoms with Crippen molar-refractivity contribution in [1.82, 2.24) is 4.72 Å². The van der Waals surface area contributed by atoms with Crippen molar-refractivity contribution in [2.75, 3.05) is 10.6 Å². The second-order valence-corrected chi connectivity index (χ2v) is 10.5. The van der Waals surface area contributed by atoms with E-state index < -0.39 is 14.8 Å². The van der Waals surface area contributed by atoms with Gasteiger partial charge in [0.1, 0.15) is 0 Å². The zero-order valence-electron chi connectivity index (χ0n) is 16.3. The van der Waals surface area contributed by atoms with Crippen LogP contribution in [0.15, 0.2) is 24.3 Å². The largest absolute Gasteiger partial charge is 0.326 e. The van der Waals surface area contributed by atoms with Crippen molar-refractivity contribution in [3.8, 4) is 0 Å². The van der Waals surface area contributed by atoms with Crippen molar-refractivity contribution in [1.29, 1.82) is 0 Å². The van der Waals surface area contributed by atoms with Crippen LogP contribution < -0.4 is 15.4 Å². The molecule has 8 heteroatoms. The fraction of sp³-hybridized carbons (Fsp3) is 0.579. The Morgan fingerprint density at radius 1 is 1.00 bits per heavy atom. The van der Waals surface area contributed by atoms with Crippen molar-refractivity contribution >= 4 is 33.2 Å². The molecule has 1 saturated carbocycles. The quantitative estimate of drug-likeness (QED) is 0.713. The molecule has 27 heavy (non-hydrogen) atoms. The summed E-state index contributed by atoms with van der Waals surface area (Å²) in [6, 6.07) is 6.87. The third kappa shape index (κ3) is 6.04. The highest BCUT2D eigenvalue weighted by atomic mass is 32.2. The number of hydrogen-bond donors (Lipinski definition) is 3. The summed E-state index contributed by atoms with van der Waals surface area (Å²) in [6.07, 6.45) is 2.54.